The highest BCUT2D eigenvalue weighted by Crippen LogP contribution is 2.29. The molecule has 4 aromatic rings. The van der Waals surface area contributed by atoms with E-state index in [9.17, 15) is 19.7 Å². The van der Waals surface area contributed by atoms with Gasteiger partial charge in [0.25, 0.3) is 11.6 Å². The summed E-state index contributed by atoms with van der Waals surface area (Å²) in [5.41, 5.74) is 3.00. The van der Waals surface area contributed by atoms with Crippen molar-refractivity contribution in [3.8, 4) is 17.2 Å². The molecule has 0 aliphatic rings. The maximum atomic E-state index is 12.5. The molecular weight excluding hydrogens is 490 g/mol. The third kappa shape index (κ3) is 6.70. The molecule has 0 unspecified atom stereocenters. The summed E-state index contributed by atoms with van der Waals surface area (Å²) in [5, 5.41) is 16.8. The Hall–Kier alpha value is -5.25. The number of fused-ring (bicyclic) bond motifs is 1. The van der Waals surface area contributed by atoms with Gasteiger partial charge < -0.3 is 14.2 Å². The van der Waals surface area contributed by atoms with Gasteiger partial charge in [0.1, 0.15) is 5.75 Å². The minimum absolute atomic E-state index is 0.132. The van der Waals surface area contributed by atoms with Gasteiger partial charge in [-0.05, 0) is 65.7 Å². The molecule has 0 fully saturated rings. The Bertz CT molecular complexity index is 1500. The number of amides is 1. The SMILES string of the molecule is CCOc1cc(/C=N/NC(=O)COc2ccc3ccccc3c2)ccc1OC(=O)c1ccc([N+](=O)[O-])cc1. The normalized spacial score (nSPS) is 10.8. The van der Waals surface area contributed by atoms with Gasteiger partial charge in [0, 0.05) is 12.1 Å². The molecule has 0 saturated carbocycles. The summed E-state index contributed by atoms with van der Waals surface area (Å²) in [4.78, 5) is 34.9. The first-order chi connectivity index (χ1) is 18.4. The van der Waals surface area contributed by atoms with Crippen LogP contribution in [0.2, 0.25) is 0 Å². The van der Waals surface area contributed by atoms with E-state index in [1.807, 2.05) is 36.4 Å². The number of hydrogen-bond donors (Lipinski definition) is 1. The summed E-state index contributed by atoms with van der Waals surface area (Å²) >= 11 is 0. The summed E-state index contributed by atoms with van der Waals surface area (Å²) in [6, 6.07) is 23.2. The molecule has 10 heteroatoms. The molecular formula is C28H23N3O7. The van der Waals surface area contributed by atoms with Crippen LogP contribution in [-0.4, -0.2) is 36.2 Å². The van der Waals surface area contributed by atoms with Crippen LogP contribution >= 0.6 is 0 Å². The van der Waals surface area contributed by atoms with Gasteiger partial charge in [-0.2, -0.15) is 5.10 Å². The molecule has 4 rings (SSSR count). The second kappa shape index (κ2) is 12.1. The first-order valence-electron chi connectivity index (χ1n) is 11.6. The highest BCUT2D eigenvalue weighted by molar-refractivity contribution is 5.92. The van der Waals surface area contributed by atoms with E-state index in [2.05, 4.69) is 10.5 Å². The largest absolute Gasteiger partial charge is 0.490 e. The predicted octanol–water partition coefficient (Wildman–Crippen LogP) is 4.90. The van der Waals surface area contributed by atoms with Crippen LogP contribution < -0.4 is 19.6 Å². The summed E-state index contributed by atoms with van der Waals surface area (Å²) in [5.74, 6) is -0.102. The van der Waals surface area contributed by atoms with Crippen LogP contribution in [0.3, 0.4) is 0 Å². The van der Waals surface area contributed by atoms with E-state index >= 15 is 0 Å². The average molecular weight is 514 g/mol. The molecule has 38 heavy (non-hydrogen) atoms. The molecule has 0 aliphatic heterocycles. The number of nitro groups is 1. The van der Waals surface area contributed by atoms with Crippen molar-refractivity contribution in [1.82, 2.24) is 5.43 Å². The first kappa shape index (κ1) is 25.8. The van der Waals surface area contributed by atoms with E-state index in [1.165, 1.54) is 36.5 Å². The number of nitrogens with one attached hydrogen (secondary N) is 1. The average Bonchev–Trinajstić information content (AvgIpc) is 2.93. The van der Waals surface area contributed by atoms with E-state index in [1.54, 1.807) is 25.1 Å². The Morgan fingerprint density at radius 3 is 2.42 bits per heavy atom. The van der Waals surface area contributed by atoms with Crippen molar-refractivity contribution in [1.29, 1.82) is 0 Å². The second-order valence-corrected chi connectivity index (χ2v) is 7.92. The monoisotopic (exact) mass is 513 g/mol. The Balaban J connectivity index is 1.34. The molecule has 0 aromatic heterocycles. The summed E-state index contributed by atoms with van der Waals surface area (Å²) in [6.07, 6.45) is 1.42. The molecule has 0 saturated heterocycles. The number of nitro benzene ring substituents is 1. The number of esters is 1. The molecule has 10 nitrogen and oxygen atoms in total. The molecule has 0 atom stereocenters. The van der Waals surface area contributed by atoms with Crippen LogP contribution in [0.15, 0.2) is 90.0 Å². The van der Waals surface area contributed by atoms with Crippen LogP contribution in [-0.2, 0) is 4.79 Å². The Morgan fingerprint density at radius 1 is 0.921 bits per heavy atom. The molecule has 4 aromatic carbocycles. The van der Waals surface area contributed by atoms with Gasteiger partial charge in [-0.1, -0.05) is 30.3 Å². The van der Waals surface area contributed by atoms with Crippen molar-refractivity contribution in [2.45, 2.75) is 6.92 Å². The summed E-state index contributed by atoms with van der Waals surface area (Å²) < 4.78 is 16.5. The van der Waals surface area contributed by atoms with Gasteiger partial charge in [-0.25, -0.2) is 10.2 Å². The quantitative estimate of drug-likeness (QED) is 0.105. The van der Waals surface area contributed by atoms with Gasteiger partial charge in [-0.15, -0.1) is 0 Å². The number of benzene rings is 4. The lowest BCUT2D eigenvalue weighted by Gasteiger charge is -2.11. The number of nitrogens with zero attached hydrogens (tertiary/aromatic N) is 2. The first-order valence-corrected chi connectivity index (χ1v) is 11.6. The minimum atomic E-state index is -0.694. The fraction of sp³-hybridized carbons (Fsp3) is 0.107. The molecule has 0 aliphatic carbocycles. The number of rotatable bonds is 10. The fourth-order valence-corrected chi connectivity index (χ4v) is 3.45. The van der Waals surface area contributed by atoms with Crippen LogP contribution in [0.25, 0.3) is 10.8 Å². The number of carbonyl (C=O) groups excluding carboxylic acids is 2. The minimum Gasteiger partial charge on any atom is -0.490 e. The number of ether oxygens (including phenoxy) is 3. The van der Waals surface area contributed by atoms with E-state index in [0.717, 1.165) is 10.8 Å². The van der Waals surface area contributed by atoms with E-state index in [0.29, 0.717) is 17.9 Å². The number of carbonyl (C=O) groups is 2. The van der Waals surface area contributed by atoms with Gasteiger partial charge in [-0.3, -0.25) is 14.9 Å². The highest BCUT2D eigenvalue weighted by Gasteiger charge is 2.15. The Labute approximate surface area is 217 Å². The maximum absolute atomic E-state index is 12.5. The molecule has 1 N–H and O–H groups in total. The van der Waals surface area contributed by atoms with Gasteiger partial charge in [0.05, 0.1) is 23.3 Å². The topological polar surface area (TPSA) is 129 Å². The Morgan fingerprint density at radius 2 is 1.68 bits per heavy atom. The van der Waals surface area contributed by atoms with Crippen molar-refractivity contribution in [3.63, 3.8) is 0 Å². The molecule has 0 heterocycles. The zero-order chi connectivity index (χ0) is 26.9. The van der Waals surface area contributed by atoms with Gasteiger partial charge >= 0.3 is 5.97 Å². The molecule has 1 amide bonds. The summed E-state index contributed by atoms with van der Waals surface area (Å²) in [6.45, 7) is 1.88. The lowest BCUT2D eigenvalue weighted by molar-refractivity contribution is -0.384. The molecule has 0 radical (unpaired) electrons. The van der Waals surface area contributed by atoms with E-state index < -0.39 is 16.8 Å². The van der Waals surface area contributed by atoms with Crippen LogP contribution in [0.5, 0.6) is 17.2 Å². The third-order valence-electron chi connectivity index (χ3n) is 5.28. The number of non-ortho nitro benzene ring substituents is 1. The summed E-state index contributed by atoms with van der Waals surface area (Å²) in [7, 11) is 0. The number of hydrogen-bond acceptors (Lipinski definition) is 8. The highest BCUT2D eigenvalue weighted by atomic mass is 16.6. The maximum Gasteiger partial charge on any atom is 0.343 e. The fourth-order valence-electron chi connectivity index (χ4n) is 3.45. The standard InChI is InChI=1S/C28H23N3O7/c1-2-36-26-15-19(7-14-25(26)38-28(33)21-8-11-23(12-9-21)31(34)35)17-29-30-27(32)18-37-24-13-10-20-5-3-4-6-22(20)16-24/h3-17H,2,18H2,1H3,(H,30,32)/b29-17+. The van der Waals surface area contributed by atoms with Crippen molar-refractivity contribution < 1.29 is 28.7 Å². The zero-order valence-electron chi connectivity index (χ0n) is 20.3. The predicted molar refractivity (Wildman–Crippen MR) is 141 cm³/mol. The van der Waals surface area contributed by atoms with Crippen molar-refractivity contribution in [2.75, 3.05) is 13.2 Å². The molecule has 0 bridgehead atoms. The molecule has 0 spiro atoms. The lowest BCUT2D eigenvalue weighted by Crippen LogP contribution is -2.24. The smallest absolute Gasteiger partial charge is 0.343 e. The van der Waals surface area contributed by atoms with Crippen LogP contribution in [0.1, 0.15) is 22.8 Å². The van der Waals surface area contributed by atoms with Crippen molar-refractivity contribution in [2.24, 2.45) is 5.10 Å². The molecule has 192 valence electrons. The van der Waals surface area contributed by atoms with Gasteiger partial charge in [0.2, 0.25) is 0 Å². The van der Waals surface area contributed by atoms with Crippen molar-refractivity contribution in [3.05, 3.63) is 106 Å². The third-order valence-corrected chi connectivity index (χ3v) is 5.28. The van der Waals surface area contributed by atoms with E-state index in [4.69, 9.17) is 14.2 Å². The van der Waals surface area contributed by atoms with Crippen molar-refractivity contribution >= 4 is 34.6 Å². The van der Waals surface area contributed by atoms with E-state index in [-0.39, 0.29) is 29.4 Å². The zero-order valence-corrected chi connectivity index (χ0v) is 20.3. The number of hydrazone groups is 1. The van der Waals surface area contributed by atoms with Crippen LogP contribution in [0.4, 0.5) is 5.69 Å². The Kier molecular flexibility index (Phi) is 8.25. The van der Waals surface area contributed by atoms with Crippen LogP contribution in [0, 0.1) is 10.1 Å². The lowest BCUT2D eigenvalue weighted by atomic mass is 10.1. The second-order valence-electron chi connectivity index (χ2n) is 7.92. The van der Waals surface area contributed by atoms with Gasteiger partial charge in [0.15, 0.2) is 18.1 Å².